The van der Waals surface area contributed by atoms with Gasteiger partial charge in [-0.25, -0.2) is 0 Å². The fraction of sp³-hybridized carbons (Fsp3) is 0.500. The molecule has 0 aromatic heterocycles. The first-order valence-corrected chi connectivity index (χ1v) is 6.20. The summed E-state index contributed by atoms with van der Waals surface area (Å²) in [6, 6.07) is 9.23. The number of nitrogens with zero attached hydrogens (tertiary/aromatic N) is 1. The van der Waals surface area contributed by atoms with E-state index in [9.17, 15) is 0 Å². The van der Waals surface area contributed by atoms with Gasteiger partial charge in [0.05, 0.1) is 0 Å². The summed E-state index contributed by atoms with van der Waals surface area (Å²) in [6.07, 6.45) is 1.13. The Morgan fingerprint density at radius 2 is 2.40 bits per heavy atom. The maximum absolute atomic E-state index is 3.51. The molecule has 0 aliphatic carbocycles. The molecule has 0 radical (unpaired) electrons. The molecule has 2 rings (SSSR count). The minimum Gasteiger partial charge on any atom is -0.314 e. The van der Waals surface area contributed by atoms with Crippen LogP contribution in [0.2, 0.25) is 0 Å². The van der Waals surface area contributed by atoms with Crippen LogP contribution in [0, 0.1) is 0 Å². The van der Waals surface area contributed by atoms with Gasteiger partial charge >= 0.3 is 0 Å². The highest BCUT2D eigenvalue weighted by atomic mass is 79.9. The Kier molecular flexibility index (Phi) is 3.78. The molecule has 1 atom stereocenters. The van der Waals surface area contributed by atoms with Crippen LogP contribution in [0.15, 0.2) is 28.7 Å². The van der Waals surface area contributed by atoms with Crippen LogP contribution in [-0.4, -0.2) is 37.6 Å². The van der Waals surface area contributed by atoms with Crippen molar-refractivity contribution in [2.24, 2.45) is 0 Å². The summed E-state index contributed by atoms with van der Waals surface area (Å²) in [5, 5.41) is 3.45. The predicted octanol–water partition coefficient (Wildman–Crippen LogP) is 1.90. The summed E-state index contributed by atoms with van der Waals surface area (Å²) in [4.78, 5) is 2.44. The van der Waals surface area contributed by atoms with Gasteiger partial charge in [0.1, 0.15) is 0 Å². The third kappa shape index (κ3) is 3.03. The maximum Gasteiger partial charge on any atom is 0.0258 e. The Labute approximate surface area is 99.8 Å². The zero-order valence-corrected chi connectivity index (χ0v) is 10.6. The maximum atomic E-state index is 3.51. The lowest BCUT2D eigenvalue weighted by atomic mass is 10.0. The number of likely N-dealkylation sites (N-methyl/N-ethyl adjacent to an activating group) is 1. The van der Waals surface area contributed by atoms with Crippen molar-refractivity contribution in [1.82, 2.24) is 10.2 Å². The Morgan fingerprint density at radius 3 is 3.13 bits per heavy atom. The second-order valence-electron chi connectivity index (χ2n) is 4.17. The number of hydrogen-bond acceptors (Lipinski definition) is 2. The minimum atomic E-state index is 0.632. The van der Waals surface area contributed by atoms with Gasteiger partial charge in [0.15, 0.2) is 0 Å². The molecule has 1 aliphatic rings. The Bertz CT molecular complexity index is 327. The smallest absolute Gasteiger partial charge is 0.0258 e. The van der Waals surface area contributed by atoms with Crippen molar-refractivity contribution in [3.05, 3.63) is 34.3 Å². The van der Waals surface area contributed by atoms with Crippen molar-refractivity contribution in [3.63, 3.8) is 0 Å². The van der Waals surface area contributed by atoms with Crippen molar-refractivity contribution >= 4 is 15.9 Å². The normalized spacial score (nSPS) is 22.9. The summed E-state index contributed by atoms with van der Waals surface area (Å²) >= 11 is 3.51. The van der Waals surface area contributed by atoms with Gasteiger partial charge in [0, 0.05) is 30.1 Å². The number of hydrogen-bond donors (Lipinski definition) is 1. The van der Waals surface area contributed by atoms with Gasteiger partial charge in [-0.3, -0.25) is 0 Å². The van der Waals surface area contributed by atoms with Crippen LogP contribution >= 0.6 is 15.9 Å². The van der Waals surface area contributed by atoms with Crippen LogP contribution < -0.4 is 5.32 Å². The fourth-order valence-corrected chi connectivity index (χ4v) is 2.47. The van der Waals surface area contributed by atoms with Crippen LogP contribution in [-0.2, 0) is 6.42 Å². The van der Waals surface area contributed by atoms with Crippen LogP contribution in [0.5, 0.6) is 0 Å². The van der Waals surface area contributed by atoms with Gasteiger partial charge in [-0.05, 0) is 31.2 Å². The number of rotatable bonds is 2. The third-order valence-electron chi connectivity index (χ3n) is 3.00. The van der Waals surface area contributed by atoms with Crippen LogP contribution in [0.25, 0.3) is 0 Å². The molecule has 15 heavy (non-hydrogen) atoms. The van der Waals surface area contributed by atoms with Crippen molar-refractivity contribution < 1.29 is 0 Å². The minimum absolute atomic E-state index is 0.632. The van der Waals surface area contributed by atoms with E-state index < -0.39 is 0 Å². The molecule has 1 N–H and O–H groups in total. The molecule has 1 aromatic carbocycles. The Hall–Kier alpha value is -0.380. The molecule has 3 heteroatoms. The highest BCUT2D eigenvalue weighted by Gasteiger charge is 2.18. The molecule has 0 amide bonds. The summed E-state index contributed by atoms with van der Waals surface area (Å²) in [5.74, 6) is 0. The molecule has 1 unspecified atom stereocenters. The van der Waals surface area contributed by atoms with Crippen LogP contribution in [0.3, 0.4) is 0 Å². The molecule has 1 aliphatic heterocycles. The second-order valence-corrected chi connectivity index (χ2v) is 5.09. The number of halogens is 1. The van der Waals surface area contributed by atoms with Gasteiger partial charge in [0.2, 0.25) is 0 Å². The average molecular weight is 269 g/mol. The van der Waals surface area contributed by atoms with Crippen molar-refractivity contribution in [2.75, 3.05) is 26.7 Å². The molecular weight excluding hydrogens is 252 g/mol. The van der Waals surface area contributed by atoms with E-state index in [1.807, 2.05) is 0 Å². The molecule has 0 saturated carbocycles. The number of piperazine rings is 1. The first-order valence-electron chi connectivity index (χ1n) is 5.41. The lowest BCUT2D eigenvalue weighted by molar-refractivity contribution is 0.199. The Morgan fingerprint density at radius 1 is 1.53 bits per heavy atom. The molecule has 0 spiro atoms. The van der Waals surface area contributed by atoms with Crippen molar-refractivity contribution in [1.29, 1.82) is 0 Å². The van der Waals surface area contributed by atoms with Crippen LogP contribution in [0.1, 0.15) is 5.56 Å². The zero-order valence-electron chi connectivity index (χ0n) is 9.04. The lowest BCUT2D eigenvalue weighted by Crippen LogP contribution is -2.50. The largest absolute Gasteiger partial charge is 0.314 e. The quantitative estimate of drug-likeness (QED) is 0.882. The van der Waals surface area contributed by atoms with E-state index in [0.717, 1.165) is 26.1 Å². The molecule has 1 saturated heterocycles. The molecule has 1 fully saturated rings. The van der Waals surface area contributed by atoms with Crippen LogP contribution in [0.4, 0.5) is 0 Å². The monoisotopic (exact) mass is 268 g/mol. The van der Waals surface area contributed by atoms with Crippen molar-refractivity contribution in [2.45, 2.75) is 12.5 Å². The summed E-state index contributed by atoms with van der Waals surface area (Å²) < 4.78 is 1.17. The van der Waals surface area contributed by atoms with E-state index in [1.54, 1.807) is 0 Å². The standard InChI is InChI=1S/C12H17BrN2/c1-15-6-5-14-9-12(15)8-10-3-2-4-11(13)7-10/h2-4,7,12,14H,5-6,8-9H2,1H3. The lowest BCUT2D eigenvalue weighted by Gasteiger charge is -2.33. The van der Waals surface area contributed by atoms with Gasteiger partial charge in [0.25, 0.3) is 0 Å². The molecule has 2 nitrogen and oxygen atoms in total. The number of nitrogens with one attached hydrogen (secondary N) is 1. The molecule has 82 valence electrons. The molecule has 0 bridgehead atoms. The van der Waals surface area contributed by atoms with E-state index in [1.165, 1.54) is 10.0 Å². The molecule has 1 aromatic rings. The fourth-order valence-electron chi connectivity index (χ4n) is 2.03. The molecular formula is C12H17BrN2. The SMILES string of the molecule is CN1CCNCC1Cc1cccc(Br)c1. The highest BCUT2D eigenvalue weighted by Crippen LogP contribution is 2.15. The van der Waals surface area contributed by atoms with Crippen molar-refractivity contribution in [3.8, 4) is 0 Å². The van der Waals surface area contributed by atoms with E-state index in [2.05, 4.69) is 57.5 Å². The van der Waals surface area contributed by atoms with E-state index in [4.69, 9.17) is 0 Å². The first-order chi connectivity index (χ1) is 7.25. The van der Waals surface area contributed by atoms with Gasteiger partial charge in [-0.15, -0.1) is 0 Å². The van der Waals surface area contributed by atoms with Gasteiger partial charge in [-0.1, -0.05) is 28.1 Å². The average Bonchev–Trinajstić information content (AvgIpc) is 2.22. The molecule has 1 heterocycles. The predicted molar refractivity (Wildman–Crippen MR) is 67.1 cm³/mol. The Balaban J connectivity index is 2.01. The summed E-state index contributed by atoms with van der Waals surface area (Å²) in [7, 11) is 2.21. The third-order valence-corrected chi connectivity index (χ3v) is 3.50. The van der Waals surface area contributed by atoms with Gasteiger partial charge < -0.3 is 10.2 Å². The first kappa shape index (κ1) is 11.1. The second kappa shape index (κ2) is 5.10. The van der Waals surface area contributed by atoms with E-state index in [0.29, 0.717) is 6.04 Å². The van der Waals surface area contributed by atoms with Gasteiger partial charge in [-0.2, -0.15) is 0 Å². The summed E-state index contributed by atoms with van der Waals surface area (Å²) in [5.41, 5.74) is 1.41. The van der Waals surface area contributed by atoms with E-state index in [-0.39, 0.29) is 0 Å². The summed E-state index contributed by atoms with van der Waals surface area (Å²) in [6.45, 7) is 3.37. The topological polar surface area (TPSA) is 15.3 Å². The zero-order chi connectivity index (χ0) is 10.7. The highest BCUT2D eigenvalue weighted by molar-refractivity contribution is 9.10. The van der Waals surface area contributed by atoms with E-state index >= 15 is 0 Å². The number of benzene rings is 1.